The number of benzene rings is 1. The molecular weight excluding hydrogens is 294 g/mol. The van der Waals surface area contributed by atoms with Crippen LogP contribution in [0, 0.1) is 0 Å². The van der Waals surface area contributed by atoms with E-state index in [1.807, 2.05) is 0 Å². The summed E-state index contributed by atoms with van der Waals surface area (Å²) in [4.78, 5) is 25.8. The molecule has 2 heterocycles. The number of fused-ring (bicyclic) bond motifs is 1. The Bertz CT molecular complexity index is 725. The topological polar surface area (TPSA) is 70.8 Å². The van der Waals surface area contributed by atoms with E-state index in [0.29, 0.717) is 16.3 Å². The molecule has 1 aliphatic rings. The second-order valence-corrected chi connectivity index (χ2v) is 5.40. The number of Topliss-reactive ketones (excluding diaryl/α,β-unsaturated/α-hetero) is 1. The van der Waals surface area contributed by atoms with E-state index in [1.54, 1.807) is 25.2 Å². The molecule has 108 valence electrons. The van der Waals surface area contributed by atoms with Crippen LogP contribution in [-0.2, 0) is 10.4 Å². The minimum Gasteiger partial charge on any atom is -0.461 e. The summed E-state index contributed by atoms with van der Waals surface area (Å²) in [5.41, 5.74) is -1.04. The summed E-state index contributed by atoms with van der Waals surface area (Å²) in [5.74, 6) is -0.897. The molecular formula is C15H12ClNO4. The third kappa shape index (κ3) is 2.05. The fourth-order valence-electron chi connectivity index (χ4n) is 2.56. The average molecular weight is 306 g/mol. The number of carbonyl (C=O) groups excluding carboxylic acids is 2. The molecule has 0 radical (unpaired) electrons. The lowest BCUT2D eigenvalue weighted by Gasteiger charge is -2.20. The minimum absolute atomic E-state index is 0.106. The van der Waals surface area contributed by atoms with Crippen LogP contribution in [-0.4, -0.2) is 23.8 Å². The summed E-state index contributed by atoms with van der Waals surface area (Å²) in [6.45, 7) is 0. The molecule has 0 fully saturated rings. The molecule has 1 aromatic heterocycles. The molecule has 2 aromatic rings. The Morgan fingerprint density at radius 2 is 2.19 bits per heavy atom. The largest absolute Gasteiger partial charge is 0.461 e. The highest BCUT2D eigenvalue weighted by Crippen LogP contribution is 2.43. The molecule has 0 saturated heterocycles. The molecule has 1 aliphatic heterocycles. The van der Waals surface area contributed by atoms with Crippen LogP contribution >= 0.6 is 11.6 Å². The number of hydrogen-bond donors (Lipinski definition) is 1. The number of likely N-dealkylation sites (N-methyl/N-ethyl adjacent to an activating group) is 1. The van der Waals surface area contributed by atoms with Gasteiger partial charge in [-0.05, 0) is 30.3 Å². The maximum absolute atomic E-state index is 12.4. The van der Waals surface area contributed by atoms with Crippen LogP contribution in [0.25, 0.3) is 0 Å². The van der Waals surface area contributed by atoms with Crippen molar-refractivity contribution in [1.82, 2.24) is 0 Å². The number of carbonyl (C=O) groups is 2. The number of ketones is 1. The lowest BCUT2D eigenvalue weighted by atomic mass is 9.89. The molecule has 1 amide bonds. The highest BCUT2D eigenvalue weighted by Gasteiger charge is 2.50. The van der Waals surface area contributed by atoms with Gasteiger partial charge in [-0.1, -0.05) is 11.6 Å². The summed E-state index contributed by atoms with van der Waals surface area (Å²) in [6, 6.07) is 7.85. The van der Waals surface area contributed by atoms with Gasteiger partial charge < -0.3 is 14.4 Å². The molecule has 1 N–H and O–H groups in total. The molecule has 0 bridgehead atoms. The van der Waals surface area contributed by atoms with Crippen LogP contribution in [0.4, 0.5) is 5.69 Å². The van der Waals surface area contributed by atoms with Crippen LogP contribution < -0.4 is 4.90 Å². The molecule has 6 heteroatoms. The number of amides is 1. The Hall–Kier alpha value is -2.11. The molecule has 0 saturated carbocycles. The SMILES string of the molecule is CN1C(=O)[C@@](O)(CC(=O)c2ccco2)c2cc(Cl)ccc21. The van der Waals surface area contributed by atoms with Crippen molar-refractivity contribution >= 4 is 29.0 Å². The maximum Gasteiger partial charge on any atom is 0.263 e. The Morgan fingerprint density at radius 3 is 2.86 bits per heavy atom. The fourth-order valence-corrected chi connectivity index (χ4v) is 2.73. The number of halogens is 1. The number of aliphatic hydroxyl groups is 1. The molecule has 1 aromatic carbocycles. The summed E-state index contributed by atoms with van der Waals surface area (Å²) in [6.07, 6.45) is 0.974. The highest BCUT2D eigenvalue weighted by atomic mass is 35.5. The van der Waals surface area contributed by atoms with Crippen molar-refractivity contribution in [3.63, 3.8) is 0 Å². The summed E-state index contributed by atoms with van der Waals surface area (Å²) in [7, 11) is 1.55. The first-order chi connectivity index (χ1) is 9.93. The average Bonchev–Trinajstić information content (AvgIpc) is 3.04. The standard InChI is InChI=1S/C15H12ClNO4/c1-17-11-5-4-9(16)7-10(11)15(20,14(17)19)8-12(18)13-3-2-6-21-13/h2-7,20H,8H2,1H3/t15-/m1/s1. The Balaban J connectivity index is 2.03. The first-order valence-corrected chi connectivity index (χ1v) is 6.68. The van der Waals surface area contributed by atoms with Crippen LogP contribution in [0.15, 0.2) is 41.0 Å². The van der Waals surface area contributed by atoms with Crippen molar-refractivity contribution in [1.29, 1.82) is 0 Å². The van der Waals surface area contributed by atoms with Crippen LogP contribution in [0.5, 0.6) is 0 Å². The quantitative estimate of drug-likeness (QED) is 0.884. The first-order valence-electron chi connectivity index (χ1n) is 6.31. The van der Waals surface area contributed by atoms with Crippen molar-refractivity contribution in [2.45, 2.75) is 12.0 Å². The molecule has 0 spiro atoms. The monoisotopic (exact) mass is 305 g/mol. The molecule has 5 nitrogen and oxygen atoms in total. The van der Waals surface area contributed by atoms with Gasteiger partial charge in [0.15, 0.2) is 11.4 Å². The predicted molar refractivity (Wildman–Crippen MR) is 76.4 cm³/mol. The number of furan rings is 1. The van der Waals surface area contributed by atoms with E-state index < -0.39 is 23.7 Å². The van der Waals surface area contributed by atoms with Gasteiger partial charge in [-0.25, -0.2) is 0 Å². The van der Waals surface area contributed by atoms with Gasteiger partial charge in [-0.3, -0.25) is 9.59 Å². The maximum atomic E-state index is 12.4. The summed E-state index contributed by atoms with van der Waals surface area (Å²) in [5, 5.41) is 11.2. The number of hydrogen-bond acceptors (Lipinski definition) is 4. The van der Waals surface area contributed by atoms with Crippen molar-refractivity contribution < 1.29 is 19.1 Å². The minimum atomic E-state index is -1.92. The third-order valence-electron chi connectivity index (χ3n) is 3.64. The molecule has 21 heavy (non-hydrogen) atoms. The lowest BCUT2D eigenvalue weighted by Crippen LogP contribution is -2.40. The molecule has 3 rings (SSSR count). The van der Waals surface area contributed by atoms with Gasteiger partial charge in [0.05, 0.1) is 18.4 Å². The van der Waals surface area contributed by atoms with E-state index in [4.69, 9.17) is 16.0 Å². The Labute approximate surface area is 125 Å². The van der Waals surface area contributed by atoms with Crippen LogP contribution in [0.3, 0.4) is 0 Å². The van der Waals surface area contributed by atoms with Crippen molar-refractivity contribution in [2.75, 3.05) is 11.9 Å². The Morgan fingerprint density at radius 1 is 1.43 bits per heavy atom. The molecule has 0 unspecified atom stereocenters. The normalized spacial score (nSPS) is 20.7. The van der Waals surface area contributed by atoms with Crippen LogP contribution in [0.1, 0.15) is 22.5 Å². The van der Waals surface area contributed by atoms with E-state index >= 15 is 0 Å². The zero-order valence-electron chi connectivity index (χ0n) is 11.2. The molecule has 0 aliphatic carbocycles. The Kier molecular flexibility index (Phi) is 3.11. The van der Waals surface area contributed by atoms with Gasteiger partial charge in [0.25, 0.3) is 5.91 Å². The van der Waals surface area contributed by atoms with Gasteiger partial charge in [0.2, 0.25) is 5.78 Å². The van der Waals surface area contributed by atoms with E-state index in [1.165, 1.54) is 23.3 Å². The zero-order chi connectivity index (χ0) is 15.2. The van der Waals surface area contributed by atoms with Gasteiger partial charge >= 0.3 is 0 Å². The van der Waals surface area contributed by atoms with Gasteiger partial charge in [0, 0.05) is 17.6 Å². The van der Waals surface area contributed by atoms with E-state index in [2.05, 4.69) is 0 Å². The van der Waals surface area contributed by atoms with Crippen LogP contribution in [0.2, 0.25) is 5.02 Å². The van der Waals surface area contributed by atoms with Gasteiger partial charge in [-0.15, -0.1) is 0 Å². The third-order valence-corrected chi connectivity index (χ3v) is 3.87. The van der Waals surface area contributed by atoms with E-state index in [0.717, 1.165) is 0 Å². The number of nitrogens with zero attached hydrogens (tertiary/aromatic N) is 1. The van der Waals surface area contributed by atoms with Crippen molar-refractivity contribution in [3.05, 3.63) is 52.9 Å². The predicted octanol–water partition coefficient (Wildman–Crippen LogP) is 2.37. The number of rotatable bonds is 3. The fraction of sp³-hybridized carbons (Fsp3) is 0.200. The number of anilines is 1. The van der Waals surface area contributed by atoms with E-state index in [9.17, 15) is 14.7 Å². The summed E-state index contributed by atoms with van der Waals surface area (Å²) >= 11 is 5.94. The van der Waals surface area contributed by atoms with Gasteiger partial charge in [0.1, 0.15) is 0 Å². The highest BCUT2D eigenvalue weighted by molar-refractivity contribution is 6.31. The first kappa shape index (κ1) is 13.9. The van der Waals surface area contributed by atoms with Crippen molar-refractivity contribution in [2.24, 2.45) is 0 Å². The molecule has 1 atom stereocenters. The second kappa shape index (κ2) is 4.72. The van der Waals surface area contributed by atoms with E-state index in [-0.39, 0.29) is 5.76 Å². The van der Waals surface area contributed by atoms with Gasteiger partial charge in [-0.2, -0.15) is 0 Å². The smallest absolute Gasteiger partial charge is 0.263 e. The van der Waals surface area contributed by atoms with Crippen molar-refractivity contribution in [3.8, 4) is 0 Å². The second-order valence-electron chi connectivity index (χ2n) is 4.96. The summed E-state index contributed by atoms with van der Waals surface area (Å²) < 4.78 is 5.01. The lowest BCUT2D eigenvalue weighted by molar-refractivity contribution is -0.135. The zero-order valence-corrected chi connectivity index (χ0v) is 11.9.